The van der Waals surface area contributed by atoms with Gasteiger partial charge in [0.15, 0.2) is 6.17 Å². The summed E-state index contributed by atoms with van der Waals surface area (Å²) < 4.78 is 0. The molecule has 214 valence electrons. The van der Waals surface area contributed by atoms with Gasteiger partial charge in [0.25, 0.3) is 0 Å². The molecule has 2 unspecified atom stereocenters. The number of anilines is 1. The van der Waals surface area contributed by atoms with Gasteiger partial charge in [-0.25, -0.2) is 5.01 Å². The van der Waals surface area contributed by atoms with E-state index in [-0.39, 0.29) is 24.9 Å². The zero-order chi connectivity index (χ0) is 28.9. The van der Waals surface area contributed by atoms with E-state index in [0.29, 0.717) is 18.0 Å². The first-order valence-corrected chi connectivity index (χ1v) is 14.4. The molecule has 5 rings (SSSR count). The second-order valence-corrected chi connectivity index (χ2v) is 10.7. The second-order valence-electron chi connectivity index (χ2n) is 10.7. The summed E-state index contributed by atoms with van der Waals surface area (Å²) in [4.78, 5) is 44.9. The van der Waals surface area contributed by atoms with Crippen LogP contribution in [0.5, 0.6) is 0 Å². The molecule has 3 heterocycles. The molecule has 1 N–H and O–H groups in total. The summed E-state index contributed by atoms with van der Waals surface area (Å²) in [7, 11) is 1.55. The topological polar surface area (TPSA) is 97.7 Å². The molecule has 3 aliphatic heterocycles. The minimum absolute atomic E-state index is 0.0851. The second kappa shape index (κ2) is 12.5. The number of hydrogen-bond acceptors (Lipinski definition) is 7. The zero-order valence-electron chi connectivity index (χ0n) is 24.0. The number of aldehydes is 1. The van der Waals surface area contributed by atoms with Crippen LogP contribution in [0.3, 0.4) is 0 Å². The van der Waals surface area contributed by atoms with Crippen LogP contribution < -0.4 is 10.2 Å². The van der Waals surface area contributed by atoms with Crippen LogP contribution in [0, 0.1) is 6.92 Å². The number of allylic oxidation sites excluding steroid dienone is 2. The van der Waals surface area contributed by atoms with Gasteiger partial charge < -0.3 is 19.9 Å². The molecule has 2 amide bonds. The van der Waals surface area contributed by atoms with Crippen molar-refractivity contribution >= 4 is 47.0 Å². The lowest BCUT2D eigenvalue weighted by atomic mass is 9.84. The van der Waals surface area contributed by atoms with E-state index in [1.54, 1.807) is 7.05 Å². The lowest BCUT2D eigenvalue weighted by molar-refractivity contribution is -0.123. The smallest absolute Gasteiger partial charge is 0.242 e. The van der Waals surface area contributed by atoms with E-state index in [0.717, 1.165) is 66.4 Å². The Kier molecular flexibility index (Phi) is 8.61. The van der Waals surface area contributed by atoms with Crippen molar-refractivity contribution < 1.29 is 14.4 Å². The van der Waals surface area contributed by atoms with Crippen molar-refractivity contribution in [1.82, 2.24) is 15.2 Å². The molecule has 9 nitrogen and oxygen atoms in total. The Morgan fingerprint density at radius 2 is 2.00 bits per heavy atom. The van der Waals surface area contributed by atoms with Crippen LogP contribution in [0.4, 0.5) is 5.69 Å². The third-order valence-corrected chi connectivity index (χ3v) is 8.39. The lowest BCUT2D eigenvalue weighted by Gasteiger charge is -2.37. The predicted molar refractivity (Wildman–Crippen MR) is 163 cm³/mol. The average Bonchev–Trinajstić information content (AvgIpc) is 3.02. The molecule has 9 heteroatoms. The van der Waals surface area contributed by atoms with Crippen LogP contribution >= 0.6 is 0 Å². The van der Waals surface area contributed by atoms with E-state index in [1.807, 2.05) is 48.6 Å². The standard InChI is InChI=1S/C32H38N6O3/c1-4-24-14-17-38-30(35-24)19-25(20-34-38)36-15-12-23(13-16-36)26-10-11-28(31-22(2)7-5-8-27(26)31)37(21-40)29(9-6-18-39)32(41)33-3/h5,7-8,10-11,14,17-21,23,29-30H,4,6,9,12-13,15-16H2,1-3H3,(H,33,41). The summed E-state index contributed by atoms with van der Waals surface area (Å²) in [5.41, 5.74) is 5.19. The Hall–Kier alpha value is -4.27. The van der Waals surface area contributed by atoms with Crippen molar-refractivity contribution in [3.05, 3.63) is 65.5 Å². The largest absolute Gasteiger partial charge is 0.370 e. The molecule has 2 aromatic rings. The third kappa shape index (κ3) is 5.66. The predicted octanol–water partition coefficient (Wildman–Crippen LogP) is 4.27. The molecule has 0 bridgehead atoms. The number of fused-ring (bicyclic) bond motifs is 2. The normalized spacial score (nSPS) is 19.3. The molecule has 0 radical (unpaired) electrons. The fourth-order valence-corrected chi connectivity index (χ4v) is 6.16. The van der Waals surface area contributed by atoms with Gasteiger partial charge in [-0.15, -0.1) is 0 Å². The van der Waals surface area contributed by atoms with Crippen molar-refractivity contribution in [1.29, 1.82) is 0 Å². The third-order valence-electron chi connectivity index (χ3n) is 8.39. The van der Waals surface area contributed by atoms with Gasteiger partial charge in [0.2, 0.25) is 12.3 Å². The Morgan fingerprint density at radius 3 is 2.71 bits per heavy atom. The fraction of sp³-hybridized carbons (Fsp3) is 0.406. The summed E-state index contributed by atoms with van der Waals surface area (Å²) in [5, 5.41) is 11.2. The molecule has 1 fully saturated rings. The van der Waals surface area contributed by atoms with Crippen molar-refractivity contribution in [3.63, 3.8) is 0 Å². The highest BCUT2D eigenvalue weighted by Crippen LogP contribution is 2.39. The van der Waals surface area contributed by atoms with E-state index in [1.165, 1.54) is 10.5 Å². The molecule has 0 saturated carbocycles. The summed E-state index contributed by atoms with van der Waals surface area (Å²) in [5.74, 6) is 0.0701. The zero-order valence-corrected chi connectivity index (χ0v) is 24.0. The molecule has 0 aromatic heterocycles. The Balaban J connectivity index is 1.40. The number of carbonyl (C=O) groups excluding carboxylic acids is 3. The Bertz CT molecular complexity index is 1440. The summed E-state index contributed by atoms with van der Waals surface area (Å²) >= 11 is 0. The average molecular weight is 555 g/mol. The summed E-state index contributed by atoms with van der Waals surface area (Å²) in [6.45, 7) is 5.97. The van der Waals surface area contributed by atoms with Crippen molar-refractivity contribution in [2.75, 3.05) is 25.0 Å². The number of amides is 2. The number of benzene rings is 2. The number of aryl methyl sites for hydroxylation is 1. The van der Waals surface area contributed by atoms with Gasteiger partial charge in [0.1, 0.15) is 12.3 Å². The van der Waals surface area contributed by atoms with E-state index >= 15 is 0 Å². The highest BCUT2D eigenvalue weighted by atomic mass is 16.2. The molecular formula is C32H38N6O3. The quantitative estimate of drug-likeness (QED) is 0.443. The molecule has 3 aliphatic rings. The number of likely N-dealkylation sites (N-methyl/N-ethyl adjacent to an activating group) is 1. The number of nitrogens with zero attached hydrogens (tertiary/aromatic N) is 5. The summed E-state index contributed by atoms with van der Waals surface area (Å²) in [6.07, 6.45) is 12.9. The van der Waals surface area contributed by atoms with Gasteiger partial charge in [-0.2, -0.15) is 5.10 Å². The number of carbonyl (C=O) groups is 3. The van der Waals surface area contributed by atoms with Gasteiger partial charge in [0, 0.05) is 43.9 Å². The molecule has 0 spiro atoms. The van der Waals surface area contributed by atoms with E-state index in [2.05, 4.69) is 40.5 Å². The molecule has 0 aliphatic carbocycles. The van der Waals surface area contributed by atoms with Gasteiger partial charge in [-0.3, -0.25) is 14.6 Å². The molecular weight excluding hydrogens is 516 g/mol. The van der Waals surface area contributed by atoms with Gasteiger partial charge in [-0.1, -0.05) is 31.2 Å². The molecule has 41 heavy (non-hydrogen) atoms. The van der Waals surface area contributed by atoms with E-state index in [9.17, 15) is 14.4 Å². The van der Waals surface area contributed by atoms with E-state index in [4.69, 9.17) is 4.99 Å². The van der Waals surface area contributed by atoms with Crippen LogP contribution in [0.25, 0.3) is 10.8 Å². The fourth-order valence-electron chi connectivity index (χ4n) is 6.16. The van der Waals surface area contributed by atoms with Gasteiger partial charge >= 0.3 is 0 Å². The number of aliphatic imine (C=N–C) groups is 1. The van der Waals surface area contributed by atoms with Gasteiger partial charge in [-0.05, 0) is 73.3 Å². The molecule has 1 saturated heterocycles. The molecule has 2 atom stereocenters. The minimum atomic E-state index is -0.765. The Labute approximate surface area is 241 Å². The minimum Gasteiger partial charge on any atom is -0.370 e. The number of nitrogens with one attached hydrogen (secondary N) is 1. The van der Waals surface area contributed by atoms with Crippen LogP contribution in [0.1, 0.15) is 56.1 Å². The monoisotopic (exact) mass is 554 g/mol. The number of likely N-dealkylation sites (tertiary alicyclic amines) is 1. The van der Waals surface area contributed by atoms with Crippen LogP contribution in [-0.4, -0.2) is 72.8 Å². The maximum atomic E-state index is 12.7. The number of piperidine rings is 1. The highest BCUT2D eigenvalue weighted by Gasteiger charge is 2.30. The van der Waals surface area contributed by atoms with Crippen LogP contribution in [0.15, 0.2) is 64.5 Å². The molecule has 2 aromatic carbocycles. The highest BCUT2D eigenvalue weighted by molar-refractivity contribution is 6.05. The summed E-state index contributed by atoms with van der Waals surface area (Å²) in [6, 6.07) is 9.51. The SMILES string of the molecule is CCC1=NC2C=C(N3CCC(c4ccc(N(C=O)C(CCC=O)C(=O)NC)c5c(C)cccc45)CC3)C=NN2C=C1. The first-order chi connectivity index (χ1) is 20.0. The maximum absolute atomic E-state index is 12.7. The number of rotatable bonds is 10. The lowest BCUT2D eigenvalue weighted by Crippen LogP contribution is -2.45. The number of hydrazone groups is 1. The first-order valence-electron chi connectivity index (χ1n) is 14.4. The van der Waals surface area contributed by atoms with Crippen LogP contribution in [0.2, 0.25) is 0 Å². The van der Waals surface area contributed by atoms with Crippen molar-refractivity contribution in [3.8, 4) is 0 Å². The van der Waals surface area contributed by atoms with E-state index < -0.39 is 6.04 Å². The van der Waals surface area contributed by atoms with Gasteiger partial charge in [0.05, 0.1) is 17.6 Å². The van der Waals surface area contributed by atoms with Crippen molar-refractivity contribution in [2.24, 2.45) is 10.1 Å². The Morgan fingerprint density at radius 1 is 1.20 bits per heavy atom. The maximum Gasteiger partial charge on any atom is 0.242 e. The van der Waals surface area contributed by atoms with Crippen LogP contribution in [-0.2, 0) is 14.4 Å². The van der Waals surface area contributed by atoms with Crippen molar-refractivity contribution in [2.45, 2.75) is 64.1 Å². The first kappa shape index (κ1) is 28.3. The number of hydrogen-bond donors (Lipinski definition) is 1.